The van der Waals surface area contributed by atoms with E-state index in [0.29, 0.717) is 6.04 Å². The Bertz CT molecular complexity index is 189. The molecule has 1 saturated heterocycles. The third-order valence-electron chi connectivity index (χ3n) is 2.52. The van der Waals surface area contributed by atoms with E-state index in [-0.39, 0.29) is 5.91 Å². The molecule has 13 heavy (non-hydrogen) atoms. The summed E-state index contributed by atoms with van der Waals surface area (Å²) in [5.41, 5.74) is 0. The van der Waals surface area contributed by atoms with Crippen LogP contribution in [0.2, 0.25) is 0 Å². The normalized spacial score (nSPS) is 22.8. The quantitative estimate of drug-likeness (QED) is 0.654. The molecule has 0 aliphatic carbocycles. The molecule has 1 aliphatic heterocycles. The Labute approximate surface area is 79.8 Å². The number of hydrogen-bond acceptors (Lipinski definition) is 2. The number of nitrogens with one attached hydrogen (secondary N) is 1. The van der Waals surface area contributed by atoms with Gasteiger partial charge in [0, 0.05) is 19.1 Å². The van der Waals surface area contributed by atoms with Crippen LogP contribution >= 0.6 is 0 Å². The number of amides is 1. The predicted octanol–water partition coefficient (Wildman–Crippen LogP) is 0.773. The summed E-state index contributed by atoms with van der Waals surface area (Å²) in [5, 5.41) is 3.12. The van der Waals surface area contributed by atoms with Crippen molar-refractivity contribution >= 4 is 5.91 Å². The first-order valence-corrected chi connectivity index (χ1v) is 4.87. The second kappa shape index (κ2) is 5.02. The van der Waals surface area contributed by atoms with Gasteiger partial charge >= 0.3 is 0 Å². The smallest absolute Gasteiger partial charge is 0.246 e. The van der Waals surface area contributed by atoms with Crippen molar-refractivity contribution in [1.29, 1.82) is 0 Å². The van der Waals surface area contributed by atoms with E-state index in [4.69, 9.17) is 0 Å². The molecule has 1 N–H and O–H groups in total. The Morgan fingerprint density at radius 2 is 2.46 bits per heavy atom. The van der Waals surface area contributed by atoms with Gasteiger partial charge in [0.2, 0.25) is 5.91 Å². The molecule has 1 atom stereocenters. The van der Waals surface area contributed by atoms with Gasteiger partial charge in [-0.25, -0.2) is 0 Å². The molecule has 0 saturated carbocycles. The van der Waals surface area contributed by atoms with Gasteiger partial charge in [0.1, 0.15) is 0 Å². The minimum atomic E-state index is 0.0694. The number of rotatable bonds is 3. The molecule has 3 heteroatoms. The van der Waals surface area contributed by atoms with Gasteiger partial charge in [-0.3, -0.25) is 4.79 Å². The SMILES string of the molecule is C=CC(=O)N1CCCCC1CNC. The van der Waals surface area contributed by atoms with Gasteiger partial charge in [-0.1, -0.05) is 6.58 Å². The molecule has 1 rings (SSSR count). The van der Waals surface area contributed by atoms with Gasteiger partial charge in [-0.05, 0) is 32.4 Å². The summed E-state index contributed by atoms with van der Waals surface area (Å²) < 4.78 is 0. The van der Waals surface area contributed by atoms with Crippen molar-refractivity contribution < 1.29 is 4.79 Å². The lowest BCUT2D eigenvalue weighted by Gasteiger charge is -2.35. The molecule has 1 unspecified atom stereocenters. The third-order valence-corrected chi connectivity index (χ3v) is 2.52. The second-order valence-corrected chi connectivity index (χ2v) is 3.44. The van der Waals surface area contributed by atoms with Crippen molar-refractivity contribution in [2.24, 2.45) is 0 Å². The van der Waals surface area contributed by atoms with Crippen LogP contribution in [-0.2, 0) is 4.79 Å². The fourth-order valence-corrected chi connectivity index (χ4v) is 1.86. The number of carbonyl (C=O) groups excluding carboxylic acids is 1. The molecule has 1 aliphatic rings. The predicted molar refractivity (Wildman–Crippen MR) is 53.5 cm³/mol. The highest BCUT2D eigenvalue weighted by atomic mass is 16.2. The van der Waals surface area contributed by atoms with Gasteiger partial charge in [0.15, 0.2) is 0 Å². The van der Waals surface area contributed by atoms with E-state index < -0.39 is 0 Å². The van der Waals surface area contributed by atoms with Crippen molar-refractivity contribution in [3.05, 3.63) is 12.7 Å². The molecule has 0 aromatic carbocycles. The molecule has 0 spiro atoms. The van der Waals surface area contributed by atoms with E-state index in [9.17, 15) is 4.79 Å². The summed E-state index contributed by atoms with van der Waals surface area (Å²) in [7, 11) is 1.92. The van der Waals surface area contributed by atoms with Crippen LogP contribution in [0.4, 0.5) is 0 Å². The zero-order valence-electron chi connectivity index (χ0n) is 8.25. The molecular weight excluding hydrogens is 164 g/mol. The Kier molecular flexibility index (Phi) is 3.96. The van der Waals surface area contributed by atoms with Crippen molar-refractivity contribution in [1.82, 2.24) is 10.2 Å². The number of carbonyl (C=O) groups is 1. The van der Waals surface area contributed by atoms with Crippen LogP contribution < -0.4 is 5.32 Å². The van der Waals surface area contributed by atoms with E-state index in [2.05, 4.69) is 11.9 Å². The lowest BCUT2D eigenvalue weighted by molar-refractivity contribution is -0.129. The molecule has 0 radical (unpaired) electrons. The minimum Gasteiger partial charge on any atom is -0.335 e. The minimum absolute atomic E-state index is 0.0694. The summed E-state index contributed by atoms with van der Waals surface area (Å²) in [6.45, 7) is 5.29. The number of likely N-dealkylation sites (N-methyl/N-ethyl adjacent to an activating group) is 1. The number of piperidine rings is 1. The van der Waals surface area contributed by atoms with Crippen molar-refractivity contribution in [2.75, 3.05) is 20.1 Å². The molecule has 1 fully saturated rings. The monoisotopic (exact) mass is 182 g/mol. The van der Waals surface area contributed by atoms with Gasteiger partial charge in [-0.2, -0.15) is 0 Å². The molecule has 0 aromatic heterocycles. The Balaban J connectivity index is 2.55. The molecule has 1 amide bonds. The van der Waals surface area contributed by atoms with Crippen LogP contribution in [0.5, 0.6) is 0 Å². The Hall–Kier alpha value is -0.830. The highest BCUT2D eigenvalue weighted by Gasteiger charge is 2.23. The number of likely N-dealkylation sites (tertiary alicyclic amines) is 1. The summed E-state index contributed by atoms with van der Waals surface area (Å²) in [6.07, 6.45) is 4.88. The molecule has 3 nitrogen and oxygen atoms in total. The fourth-order valence-electron chi connectivity index (χ4n) is 1.86. The highest BCUT2D eigenvalue weighted by Crippen LogP contribution is 2.16. The molecule has 0 aromatic rings. The van der Waals surface area contributed by atoms with E-state index in [1.807, 2.05) is 11.9 Å². The fraction of sp³-hybridized carbons (Fsp3) is 0.700. The maximum Gasteiger partial charge on any atom is 0.246 e. The van der Waals surface area contributed by atoms with Gasteiger partial charge < -0.3 is 10.2 Å². The maximum absolute atomic E-state index is 11.4. The first-order chi connectivity index (χ1) is 6.29. The summed E-state index contributed by atoms with van der Waals surface area (Å²) in [4.78, 5) is 13.4. The van der Waals surface area contributed by atoms with Crippen LogP contribution in [0.15, 0.2) is 12.7 Å². The van der Waals surface area contributed by atoms with E-state index in [0.717, 1.165) is 25.9 Å². The summed E-state index contributed by atoms with van der Waals surface area (Å²) in [6, 6.07) is 0.365. The second-order valence-electron chi connectivity index (χ2n) is 3.44. The average molecular weight is 182 g/mol. The highest BCUT2D eigenvalue weighted by molar-refractivity contribution is 5.87. The molecule has 0 bridgehead atoms. The number of nitrogens with zero attached hydrogens (tertiary/aromatic N) is 1. The lowest BCUT2D eigenvalue weighted by atomic mass is 10.0. The van der Waals surface area contributed by atoms with E-state index >= 15 is 0 Å². The van der Waals surface area contributed by atoms with Crippen molar-refractivity contribution in [2.45, 2.75) is 25.3 Å². The Morgan fingerprint density at radius 3 is 3.08 bits per heavy atom. The van der Waals surface area contributed by atoms with Crippen LogP contribution in [0, 0.1) is 0 Å². The van der Waals surface area contributed by atoms with E-state index in [1.165, 1.54) is 12.5 Å². The van der Waals surface area contributed by atoms with Crippen molar-refractivity contribution in [3.63, 3.8) is 0 Å². The standard InChI is InChI=1S/C10H18N2O/c1-3-10(13)12-7-5-4-6-9(12)8-11-2/h3,9,11H,1,4-8H2,2H3. The third kappa shape index (κ3) is 2.56. The van der Waals surface area contributed by atoms with Gasteiger partial charge in [0.05, 0.1) is 0 Å². The van der Waals surface area contributed by atoms with Crippen LogP contribution in [-0.4, -0.2) is 37.0 Å². The van der Waals surface area contributed by atoms with Crippen molar-refractivity contribution in [3.8, 4) is 0 Å². The summed E-state index contributed by atoms with van der Waals surface area (Å²) in [5.74, 6) is 0.0694. The lowest BCUT2D eigenvalue weighted by Crippen LogP contribution is -2.47. The summed E-state index contributed by atoms with van der Waals surface area (Å²) >= 11 is 0. The maximum atomic E-state index is 11.4. The molecular formula is C10H18N2O. The van der Waals surface area contributed by atoms with Crippen LogP contribution in [0.3, 0.4) is 0 Å². The average Bonchev–Trinajstić information content (AvgIpc) is 2.18. The Morgan fingerprint density at radius 1 is 1.69 bits per heavy atom. The van der Waals surface area contributed by atoms with Gasteiger partial charge in [-0.15, -0.1) is 0 Å². The molecule has 74 valence electrons. The largest absolute Gasteiger partial charge is 0.335 e. The zero-order chi connectivity index (χ0) is 9.68. The van der Waals surface area contributed by atoms with Crippen LogP contribution in [0.1, 0.15) is 19.3 Å². The topological polar surface area (TPSA) is 32.3 Å². The first-order valence-electron chi connectivity index (χ1n) is 4.87. The first kappa shape index (κ1) is 10.3. The number of hydrogen-bond donors (Lipinski definition) is 1. The molecule has 1 heterocycles. The van der Waals surface area contributed by atoms with Gasteiger partial charge in [0.25, 0.3) is 0 Å². The zero-order valence-corrected chi connectivity index (χ0v) is 8.25. The van der Waals surface area contributed by atoms with Crippen LogP contribution in [0.25, 0.3) is 0 Å². The van der Waals surface area contributed by atoms with E-state index in [1.54, 1.807) is 0 Å².